The Balaban J connectivity index is 1.40. The molecule has 0 radical (unpaired) electrons. The van der Waals surface area contributed by atoms with Crippen molar-refractivity contribution in [1.29, 1.82) is 0 Å². The average Bonchev–Trinajstić information content (AvgIpc) is 2.80. The van der Waals surface area contributed by atoms with Gasteiger partial charge >= 0.3 is 6.16 Å². The van der Waals surface area contributed by atoms with E-state index >= 15 is 0 Å². The molecule has 0 unspecified atom stereocenters. The van der Waals surface area contributed by atoms with Gasteiger partial charge in [-0.25, -0.2) is 0 Å². The Kier molecular flexibility index (Phi) is 7.06. The fraction of sp³-hybridized carbons (Fsp3) is 0.520. The maximum Gasteiger partial charge on any atom is 0.412 e. The number of ether oxygens (including phenoxy) is 4. The number of hydrogen-bond acceptors (Lipinski definition) is 6. The van der Waals surface area contributed by atoms with Gasteiger partial charge in [-0.1, -0.05) is 60.7 Å². The smallest absolute Gasteiger partial charge is 0.396 e. The van der Waals surface area contributed by atoms with Gasteiger partial charge in [0, 0.05) is 24.0 Å². The highest BCUT2D eigenvalue weighted by atomic mass is 17.0. The SMILES string of the molecule is OCCC1(Cc2ccccc2)COC2(OC1)OCC(CCO)(Cc1ccccc1)CO2. The lowest BCUT2D eigenvalue weighted by molar-refractivity contribution is -0.548. The van der Waals surface area contributed by atoms with Crippen molar-refractivity contribution in [2.24, 2.45) is 10.8 Å². The van der Waals surface area contributed by atoms with Crippen LogP contribution in [0, 0.1) is 10.8 Å². The Morgan fingerprint density at radius 2 is 0.935 bits per heavy atom. The molecule has 4 rings (SSSR count). The predicted molar refractivity (Wildman–Crippen MR) is 115 cm³/mol. The third kappa shape index (κ3) is 5.34. The summed E-state index contributed by atoms with van der Waals surface area (Å²) >= 11 is 0. The fourth-order valence-corrected chi connectivity index (χ4v) is 4.50. The zero-order chi connectivity index (χ0) is 21.6. The number of aliphatic hydroxyl groups excluding tert-OH is 2. The third-order valence-electron chi connectivity index (χ3n) is 6.35. The molecule has 6 heteroatoms. The molecular formula is C25H32O6. The molecule has 2 aromatic carbocycles. The first kappa shape index (κ1) is 22.4. The van der Waals surface area contributed by atoms with Crippen molar-refractivity contribution in [3.05, 3.63) is 71.8 Å². The average molecular weight is 429 g/mol. The van der Waals surface area contributed by atoms with Crippen molar-refractivity contribution in [3.63, 3.8) is 0 Å². The lowest BCUT2D eigenvalue weighted by Gasteiger charge is -2.49. The third-order valence-corrected chi connectivity index (χ3v) is 6.35. The largest absolute Gasteiger partial charge is 0.412 e. The zero-order valence-electron chi connectivity index (χ0n) is 17.9. The first-order chi connectivity index (χ1) is 15.1. The van der Waals surface area contributed by atoms with Crippen molar-refractivity contribution < 1.29 is 29.2 Å². The Morgan fingerprint density at radius 1 is 0.581 bits per heavy atom. The molecule has 0 saturated carbocycles. The second kappa shape index (κ2) is 9.77. The summed E-state index contributed by atoms with van der Waals surface area (Å²) in [7, 11) is 0. The maximum absolute atomic E-state index is 9.63. The van der Waals surface area contributed by atoms with Gasteiger partial charge in [-0.2, -0.15) is 0 Å². The van der Waals surface area contributed by atoms with Crippen molar-refractivity contribution in [2.75, 3.05) is 39.6 Å². The minimum atomic E-state index is -1.51. The van der Waals surface area contributed by atoms with Gasteiger partial charge in [-0.15, -0.1) is 0 Å². The molecule has 2 aliphatic rings. The summed E-state index contributed by atoms with van der Waals surface area (Å²) in [4.78, 5) is 0. The highest BCUT2D eigenvalue weighted by Crippen LogP contribution is 2.42. The van der Waals surface area contributed by atoms with Crippen molar-refractivity contribution in [3.8, 4) is 0 Å². The van der Waals surface area contributed by atoms with E-state index in [-0.39, 0.29) is 24.0 Å². The van der Waals surface area contributed by atoms with E-state index in [0.717, 1.165) is 12.8 Å². The summed E-state index contributed by atoms with van der Waals surface area (Å²) in [5.74, 6) is 0. The van der Waals surface area contributed by atoms with Crippen LogP contribution in [0.4, 0.5) is 0 Å². The van der Waals surface area contributed by atoms with Crippen LogP contribution in [0.2, 0.25) is 0 Å². The first-order valence-electron chi connectivity index (χ1n) is 11.0. The summed E-state index contributed by atoms with van der Waals surface area (Å²) in [5, 5.41) is 19.3. The van der Waals surface area contributed by atoms with E-state index < -0.39 is 6.16 Å². The Bertz CT molecular complexity index is 720. The monoisotopic (exact) mass is 428 g/mol. The van der Waals surface area contributed by atoms with Crippen LogP contribution < -0.4 is 0 Å². The number of benzene rings is 2. The molecule has 0 bridgehead atoms. The molecule has 0 aliphatic carbocycles. The Hall–Kier alpha value is -1.80. The molecular weight excluding hydrogens is 396 g/mol. The van der Waals surface area contributed by atoms with Gasteiger partial charge < -0.3 is 29.2 Å². The van der Waals surface area contributed by atoms with Crippen LogP contribution in [0.3, 0.4) is 0 Å². The summed E-state index contributed by atoms with van der Waals surface area (Å²) < 4.78 is 24.1. The van der Waals surface area contributed by atoms with E-state index in [9.17, 15) is 10.2 Å². The molecule has 0 aromatic heterocycles. The number of hydrogen-bond donors (Lipinski definition) is 2. The highest BCUT2D eigenvalue weighted by molar-refractivity contribution is 5.18. The van der Waals surface area contributed by atoms with E-state index in [1.807, 2.05) is 36.4 Å². The molecule has 6 nitrogen and oxygen atoms in total. The molecule has 2 saturated heterocycles. The van der Waals surface area contributed by atoms with Crippen LogP contribution in [0.1, 0.15) is 24.0 Å². The first-order valence-corrected chi connectivity index (χ1v) is 11.0. The summed E-state index contributed by atoms with van der Waals surface area (Å²) in [6.45, 7) is 1.60. The van der Waals surface area contributed by atoms with E-state index in [1.54, 1.807) is 0 Å². The second-order valence-corrected chi connectivity index (χ2v) is 8.93. The van der Waals surface area contributed by atoms with Gasteiger partial charge in [0.15, 0.2) is 0 Å². The number of rotatable bonds is 8. The standard InChI is InChI=1S/C25H32O6/c26-13-11-23(15-21-7-3-1-4-8-21)17-28-25(29-18-23)30-19-24(12-14-27,20-31-25)16-22-9-5-2-6-10-22/h1-10,26-27H,11-20H2. The molecule has 0 amide bonds. The second-order valence-electron chi connectivity index (χ2n) is 8.93. The summed E-state index contributed by atoms with van der Waals surface area (Å²) in [5.41, 5.74) is 1.68. The van der Waals surface area contributed by atoms with Gasteiger partial charge in [0.2, 0.25) is 0 Å². The van der Waals surface area contributed by atoms with Crippen LogP contribution >= 0.6 is 0 Å². The predicted octanol–water partition coefficient (Wildman–Crippen LogP) is 2.91. The Labute approximate surface area is 183 Å². The molecule has 1 spiro atoms. The van der Waals surface area contributed by atoms with Crippen LogP contribution in [0.15, 0.2) is 60.7 Å². The van der Waals surface area contributed by atoms with E-state index in [4.69, 9.17) is 18.9 Å². The fourth-order valence-electron chi connectivity index (χ4n) is 4.50. The van der Waals surface area contributed by atoms with Crippen LogP contribution in [-0.4, -0.2) is 56.0 Å². The van der Waals surface area contributed by atoms with E-state index in [0.29, 0.717) is 39.3 Å². The van der Waals surface area contributed by atoms with Crippen LogP contribution in [-0.2, 0) is 31.8 Å². The summed E-state index contributed by atoms with van der Waals surface area (Å²) in [6.07, 6.45) is 1.12. The Morgan fingerprint density at radius 3 is 1.26 bits per heavy atom. The van der Waals surface area contributed by atoms with Gasteiger partial charge in [0.25, 0.3) is 0 Å². The maximum atomic E-state index is 9.63. The molecule has 168 valence electrons. The van der Waals surface area contributed by atoms with Gasteiger partial charge in [-0.05, 0) is 36.8 Å². The van der Waals surface area contributed by atoms with Crippen molar-refractivity contribution in [2.45, 2.75) is 31.8 Å². The molecule has 31 heavy (non-hydrogen) atoms. The molecule has 2 aliphatic heterocycles. The molecule has 2 heterocycles. The van der Waals surface area contributed by atoms with Crippen molar-refractivity contribution in [1.82, 2.24) is 0 Å². The minimum Gasteiger partial charge on any atom is -0.396 e. The van der Waals surface area contributed by atoms with E-state index in [2.05, 4.69) is 24.3 Å². The van der Waals surface area contributed by atoms with Crippen LogP contribution in [0.25, 0.3) is 0 Å². The van der Waals surface area contributed by atoms with Gasteiger partial charge in [0.05, 0.1) is 26.4 Å². The zero-order valence-corrected chi connectivity index (χ0v) is 17.9. The summed E-state index contributed by atoms with van der Waals surface area (Å²) in [6, 6.07) is 20.3. The number of aliphatic hydroxyl groups is 2. The molecule has 2 N–H and O–H groups in total. The van der Waals surface area contributed by atoms with Crippen LogP contribution in [0.5, 0.6) is 0 Å². The lowest BCUT2D eigenvalue weighted by atomic mass is 9.79. The molecule has 2 fully saturated rings. The van der Waals surface area contributed by atoms with Gasteiger partial charge in [0.1, 0.15) is 0 Å². The normalized spacial score (nSPS) is 31.0. The minimum absolute atomic E-state index is 0.0605. The molecule has 2 aromatic rings. The molecule has 0 atom stereocenters. The topological polar surface area (TPSA) is 77.4 Å². The quantitative estimate of drug-likeness (QED) is 0.673. The lowest BCUT2D eigenvalue weighted by Crippen LogP contribution is -2.59. The van der Waals surface area contributed by atoms with Gasteiger partial charge in [-0.3, -0.25) is 0 Å². The van der Waals surface area contributed by atoms with Crippen molar-refractivity contribution >= 4 is 0 Å². The van der Waals surface area contributed by atoms with E-state index in [1.165, 1.54) is 11.1 Å². The highest BCUT2D eigenvalue weighted by Gasteiger charge is 2.52.